The van der Waals surface area contributed by atoms with Crippen LogP contribution < -0.4 is 4.74 Å². The van der Waals surface area contributed by atoms with E-state index in [-0.39, 0.29) is 24.6 Å². The quantitative estimate of drug-likeness (QED) is 0.431. The zero-order valence-corrected chi connectivity index (χ0v) is 19.2. The van der Waals surface area contributed by atoms with Crippen LogP contribution in [0.25, 0.3) is 22.2 Å². The summed E-state index contributed by atoms with van der Waals surface area (Å²) in [6, 6.07) is 13.1. The predicted molar refractivity (Wildman–Crippen MR) is 122 cm³/mol. The number of imidazole rings is 1. The number of nitrogens with one attached hydrogen (secondary N) is 1. The lowest BCUT2D eigenvalue weighted by molar-refractivity contribution is -0.250. The summed E-state index contributed by atoms with van der Waals surface area (Å²) in [4.78, 5) is 23.5. The van der Waals surface area contributed by atoms with Crippen molar-refractivity contribution in [1.82, 2.24) is 15.0 Å². The van der Waals surface area contributed by atoms with Crippen molar-refractivity contribution in [3.05, 3.63) is 48.8 Å². The molecule has 2 aromatic carbocycles. The summed E-state index contributed by atoms with van der Waals surface area (Å²) in [7, 11) is 0. The normalized spacial score (nSPS) is 16.6. The highest BCUT2D eigenvalue weighted by Gasteiger charge is 2.44. The molecule has 0 saturated heterocycles. The van der Waals surface area contributed by atoms with Gasteiger partial charge in [-0.05, 0) is 66.5 Å². The van der Waals surface area contributed by atoms with Gasteiger partial charge in [0.2, 0.25) is 0 Å². The lowest BCUT2D eigenvalue weighted by Gasteiger charge is -2.38. The maximum absolute atomic E-state index is 12.8. The monoisotopic (exact) mass is 475 g/mol. The van der Waals surface area contributed by atoms with Crippen LogP contribution in [0.3, 0.4) is 0 Å². The molecule has 3 aromatic rings. The smallest absolute Gasteiger partial charge is 0.492 e. The fourth-order valence-corrected chi connectivity index (χ4v) is 4.25. The molecule has 0 amide bonds. The third kappa shape index (κ3) is 5.88. The van der Waals surface area contributed by atoms with Gasteiger partial charge in [0.1, 0.15) is 12.4 Å². The second-order valence-corrected chi connectivity index (χ2v) is 9.42. The third-order valence-electron chi connectivity index (χ3n) is 6.34. The molecule has 0 bridgehead atoms. The molecule has 4 rings (SSSR count). The summed E-state index contributed by atoms with van der Waals surface area (Å²) in [5, 5.41) is 1.15. The van der Waals surface area contributed by atoms with Gasteiger partial charge in [-0.15, -0.1) is 5.06 Å². The highest BCUT2D eigenvalue weighted by molar-refractivity contribution is 5.81. The van der Waals surface area contributed by atoms with Crippen molar-refractivity contribution >= 4 is 17.0 Å². The molecule has 182 valence electrons. The zero-order valence-electron chi connectivity index (χ0n) is 19.2. The lowest BCUT2D eigenvalue weighted by Crippen LogP contribution is -2.45. The van der Waals surface area contributed by atoms with Crippen molar-refractivity contribution in [2.75, 3.05) is 13.2 Å². The maximum atomic E-state index is 12.8. The molecule has 0 aliphatic heterocycles. The van der Waals surface area contributed by atoms with E-state index in [0.717, 1.165) is 40.1 Å². The summed E-state index contributed by atoms with van der Waals surface area (Å²) in [6.45, 7) is 4.40. The van der Waals surface area contributed by atoms with Crippen LogP contribution in [0.15, 0.2) is 48.8 Å². The van der Waals surface area contributed by atoms with E-state index in [0.29, 0.717) is 18.6 Å². The molecule has 1 N–H and O–H groups in total. The molecule has 1 fully saturated rings. The summed E-state index contributed by atoms with van der Waals surface area (Å²) < 4.78 is 44.1. The summed E-state index contributed by atoms with van der Waals surface area (Å²) in [5.41, 5.74) is 3.98. The number of hydrogen-bond acceptors (Lipinski definition) is 5. The van der Waals surface area contributed by atoms with Crippen LogP contribution in [0.1, 0.15) is 39.5 Å². The number of aromatic amines is 1. The average Bonchev–Trinajstić information content (AvgIpc) is 3.26. The molecule has 1 saturated carbocycles. The van der Waals surface area contributed by atoms with Crippen LogP contribution in [-0.2, 0) is 9.63 Å². The van der Waals surface area contributed by atoms with Gasteiger partial charge in [0.25, 0.3) is 0 Å². The number of alkyl halides is 3. The van der Waals surface area contributed by atoms with Gasteiger partial charge in [0, 0.05) is 6.04 Å². The molecule has 1 aliphatic rings. The number of aromatic nitrogens is 2. The Hall–Kier alpha value is -3.07. The van der Waals surface area contributed by atoms with Crippen molar-refractivity contribution in [3.8, 4) is 16.9 Å². The van der Waals surface area contributed by atoms with Gasteiger partial charge in [0.05, 0.1) is 23.9 Å². The topological polar surface area (TPSA) is 67.4 Å². The first-order valence-corrected chi connectivity index (χ1v) is 11.3. The van der Waals surface area contributed by atoms with Gasteiger partial charge in [-0.1, -0.05) is 32.0 Å². The Kier molecular flexibility index (Phi) is 6.84. The second-order valence-electron chi connectivity index (χ2n) is 9.42. The zero-order chi connectivity index (χ0) is 24.3. The van der Waals surface area contributed by atoms with E-state index >= 15 is 0 Å². The highest BCUT2D eigenvalue weighted by atomic mass is 19.4. The lowest BCUT2D eigenvalue weighted by atomic mass is 9.75. The van der Waals surface area contributed by atoms with E-state index in [1.807, 2.05) is 42.5 Å². The van der Waals surface area contributed by atoms with E-state index in [1.165, 1.54) is 0 Å². The van der Waals surface area contributed by atoms with Gasteiger partial charge in [-0.25, -0.2) is 9.78 Å². The number of rotatable bonds is 7. The third-order valence-corrected chi connectivity index (χ3v) is 6.34. The SMILES string of the molecule is CC1(C)CCC(N(CCOc2ccc(-c3ccc4nc[nH]c4c3)cc2)OC(=O)C(F)(F)F)CC1. The number of fused-ring (bicyclic) bond motifs is 1. The first kappa shape index (κ1) is 24.1. The van der Waals surface area contributed by atoms with Gasteiger partial charge < -0.3 is 14.6 Å². The number of carbonyl (C=O) groups excluding carboxylic acids is 1. The molecular weight excluding hydrogens is 447 g/mol. The summed E-state index contributed by atoms with van der Waals surface area (Å²) in [6.07, 6.45) is -0.368. The highest BCUT2D eigenvalue weighted by Crippen LogP contribution is 2.37. The maximum Gasteiger partial charge on any atom is 0.492 e. The second kappa shape index (κ2) is 9.66. The molecule has 1 heterocycles. The molecular formula is C25H28F3N3O3. The molecule has 0 spiro atoms. The molecule has 1 aliphatic carbocycles. The van der Waals surface area contributed by atoms with Crippen LogP contribution in [-0.4, -0.2) is 46.4 Å². The number of H-pyrrole nitrogens is 1. The molecule has 9 heteroatoms. The van der Waals surface area contributed by atoms with Gasteiger partial charge in [-0.2, -0.15) is 13.2 Å². The standard InChI is InChI=1S/C25H28F3N3O3/c1-24(2)11-9-19(10-12-24)31(34-23(32)25(26,27)28)13-14-33-20-6-3-17(4-7-20)18-5-8-21-22(15-18)30-16-29-21/h3-8,15-16,19H,9-14H2,1-2H3,(H,29,30). The Balaban J connectivity index is 1.36. The van der Waals surface area contributed by atoms with E-state index < -0.39 is 12.1 Å². The summed E-state index contributed by atoms with van der Waals surface area (Å²) in [5.74, 6) is -1.62. The Morgan fingerprint density at radius 1 is 1.12 bits per heavy atom. The Morgan fingerprint density at radius 2 is 1.79 bits per heavy atom. The van der Waals surface area contributed by atoms with Crippen molar-refractivity contribution in [2.24, 2.45) is 5.41 Å². The molecule has 6 nitrogen and oxygen atoms in total. The Bertz CT molecular complexity index is 1120. The minimum absolute atomic E-state index is 0.0468. The van der Waals surface area contributed by atoms with Crippen LogP contribution >= 0.6 is 0 Å². The minimum atomic E-state index is -5.04. The number of ether oxygens (including phenoxy) is 1. The minimum Gasteiger partial charge on any atom is -0.492 e. The number of halogens is 3. The van der Waals surface area contributed by atoms with E-state index in [9.17, 15) is 18.0 Å². The van der Waals surface area contributed by atoms with Gasteiger partial charge in [-0.3, -0.25) is 0 Å². The van der Waals surface area contributed by atoms with Crippen LogP contribution in [0.4, 0.5) is 13.2 Å². The van der Waals surface area contributed by atoms with Crippen molar-refractivity contribution < 1.29 is 27.5 Å². The van der Waals surface area contributed by atoms with E-state index in [1.54, 1.807) is 6.33 Å². The van der Waals surface area contributed by atoms with E-state index in [4.69, 9.17) is 9.57 Å². The molecule has 0 radical (unpaired) electrons. The number of carbonyl (C=O) groups is 1. The predicted octanol–water partition coefficient (Wildman–Crippen LogP) is 5.90. The number of benzene rings is 2. The summed E-state index contributed by atoms with van der Waals surface area (Å²) >= 11 is 0. The fraction of sp³-hybridized carbons (Fsp3) is 0.440. The molecule has 0 atom stereocenters. The Labute approximate surface area is 196 Å². The number of hydrogen-bond donors (Lipinski definition) is 1. The number of hydroxylamine groups is 2. The molecule has 1 aromatic heterocycles. The van der Waals surface area contributed by atoms with Gasteiger partial charge >= 0.3 is 12.1 Å². The first-order chi connectivity index (χ1) is 16.1. The van der Waals surface area contributed by atoms with Crippen LogP contribution in [0.2, 0.25) is 0 Å². The van der Waals surface area contributed by atoms with Crippen LogP contribution in [0, 0.1) is 5.41 Å². The van der Waals surface area contributed by atoms with Crippen molar-refractivity contribution in [3.63, 3.8) is 0 Å². The van der Waals surface area contributed by atoms with Crippen molar-refractivity contribution in [2.45, 2.75) is 51.7 Å². The van der Waals surface area contributed by atoms with Crippen LogP contribution in [0.5, 0.6) is 5.75 Å². The Morgan fingerprint density at radius 3 is 2.47 bits per heavy atom. The fourth-order valence-electron chi connectivity index (χ4n) is 4.25. The first-order valence-electron chi connectivity index (χ1n) is 11.3. The van der Waals surface area contributed by atoms with E-state index in [2.05, 4.69) is 23.8 Å². The van der Waals surface area contributed by atoms with Gasteiger partial charge in [0.15, 0.2) is 0 Å². The number of nitrogens with zero attached hydrogens (tertiary/aromatic N) is 2. The largest absolute Gasteiger partial charge is 0.492 e. The molecule has 0 unspecified atom stereocenters. The molecule has 34 heavy (non-hydrogen) atoms. The average molecular weight is 476 g/mol. The van der Waals surface area contributed by atoms with Crippen molar-refractivity contribution in [1.29, 1.82) is 0 Å².